The fraction of sp³-hybridized carbons (Fsp3) is 0.242. The lowest BCUT2D eigenvalue weighted by molar-refractivity contribution is -0.160. The van der Waals surface area contributed by atoms with Gasteiger partial charge in [-0.3, -0.25) is 0 Å². The average molecular weight is 511 g/mol. The predicted molar refractivity (Wildman–Crippen MR) is 152 cm³/mol. The third-order valence-corrected chi connectivity index (χ3v) is 6.46. The van der Waals surface area contributed by atoms with Gasteiger partial charge in [0.25, 0.3) is 0 Å². The quantitative estimate of drug-likeness (QED) is 0.273. The lowest BCUT2D eigenvalue weighted by Crippen LogP contribution is -2.28. The maximum atomic E-state index is 12.5. The number of rotatable bonds is 5. The summed E-state index contributed by atoms with van der Waals surface area (Å²) in [6.07, 6.45) is -1.14. The van der Waals surface area contributed by atoms with Gasteiger partial charge in [-0.05, 0) is 91.9 Å². The molecule has 0 aliphatic heterocycles. The second-order valence-electron chi connectivity index (χ2n) is 10.3. The molecule has 0 bridgehead atoms. The maximum absolute atomic E-state index is 12.5. The Morgan fingerprint density at radius 2 is 1.65 bits per heavy atom. The van der Waals surface area contributed by atoms with Crippen molar-refractivity contribution in [3.8, 4) is 23.0 Å². The van der Waals surface area contributed by atoms with Gasteiger partial charge in [-0.2, -0.15) is 0 Å². The molecule has 0 heterocycles. The SMILES string of the molecule is Cc1cc2ccc(C#CC(C)c3ccccc3)cc2c(-c2ccc(Cl)cc2)c1C(OC(C)(C)C)C(=O)O. The minimum atomic E-state index is -1.14. The summed E-state index contributed by atoms with van der Waals surface area (Å²) >= 11 is 6.20. The zero-order valence-corrected chi connectivity index (χ0v) is 22.6. The Balaban J connectivity index is 1.94. The number of ether oxygens (including phenoxy) is 1. The van der Waals surface area contributed by atoms with Crippen molar-refractivity contribution in [2.45, 2.75) is 52.2 Å². The van der Waals surface area contributed by atoms with Gasteiger partial charge in [-0.25, -0.2) is 4.79 Å². The zero-order valence-electron chi connectivity index (χ0n) is 21.8. The summed E-state index contributed by atoms with van der Waals surface area (Å²) in [6, 6.07) is 25.8. The molecule has 0 aromatic heterocycles. The first kappa shape index (κ1) is 26.5. The average Bonchev–Trinajstić information content (AvgIpc) is 2.86. The van der Waals surface area contributed by atoms with Crippen molar-refractivity contribution in [3.63, 3.8) is 0 Å². The minimum absolute atomic E-state index is 0.0813. The van der Waals surface area contributed by atoms with Crippen LogP contribution in [-0.2, 0) is 9.53 Å². The molecule has 188 valence electrons. The standard InChI is InChI=1S/C33H31ClO3/c1-21(24-9-7-6-8-10-24)11-12-23-13-14-26-19-22(2)29(31(32(35)36)37-33(3,4)5)30(28(26)20-23)25-15-17-27(34)18-16-25/h6-10,13-21,31H,1-5H3,(H,35,36). The molecule has 0 radical (unpaired) electrons. The minimum Gasteiger partial charge on any atom is -0.479 e. The van der Waals surface area contributed by atoms with Crippen LogP contribution in [0, 0.1) is 18.8 Å². The van der Waals surface area contributed by atoms with Gasteiger partial charge in [0.2, 0.25) is 0 Å². The molecule has 4 heteroatoms. The topological polar surface area (TPSA) is 46.5 Å². The molecule has 0 spiro atoms. The first-order chi connectivity index (χ1) is 17.5. The summed E-state index contributed by atoms with van der Waals surface area (Å²) < 4.78 is 6.11. The van der Waals surface area contributed by atoms with E-state index in [4.69, 9.17) is 16.3 Å². The van der Waals surface area contributed by atoms with Gasteiger partial charge in [-0.15, -0.1) is 0 Å². The van der Waals surface area contributed by atoms with Gasteiger partial charge >= 0.3 is 5.97 Å². The summed E-state index contributed by atoms with van der Waals surface area (Å²) in [5.41, 5.74) is 4.57. The Hall–Kier alpha value is -3.58. The van der Waals surface area contributed by atoms with E-state index in [9.17, 15) is 9.90 Å². The van der Waals surface area contributed by atoms with Crippen LogP contribution in [0.25, 0.3) is 21.9 Å². The van der Waals surface area contributed by atoms with Gasteiger partial charge in [0, 0.05) is 22.1 Å². The van der Waals surface area contributed by atoms with Gasteiger partial charge in [0.05, 0.1) is 5.60 Å². The summed E-state index contributed by atoms with van der Waals surface area (Å²) in [7, 11) is 0. The summed E-state index contributed by atoms with van der Waals surface area (Å²) in [6.45, 7) is 9.62. The van der Waals surface area contributed by atoms with E-state index < -0.39 is 17.7 Å². The van der Waals surface area contributed by atoms with Gasteiger partial charge in [0.15, 0.2) is 6.10 Å². The number of carboxylic acid groups (broad SMARTS) is 1. The largest absolute Gasteiger partial charge is 0.479 e. The molecule has 4 rings (SSSR count). The molecule has 0 aliphatic rings. The van der Waals surface area contributed by atoms with Crippen LogP contribution in [0.3, 0.4) is 0 Å². The van der Waals surface area contributed by atoms with Crippen molar-refractivity contribution in [3.05, 3.63) is 106 Å². The Bertz CT molecular complexity index is 1490. The lowest BCUT2D eigenvalue weighted by atomic mass is 9.86. The van der Waals surface area contributed by atoms with Crippen LogP contribution >= 0.6 is 11.6 Å². The van der Waals surface area contributed by atoms with Gasteiger partial charge < -0.3 is 9.84 Å². The highest BCUT2D eigenvalue weighted by atomic mass is 35.5. The van der Waals surface area contributed by atoms with Gasteiger partial charge in [0.1, 0.15) is 0 Å². The van der Waals surface area contributed by atoms with Crippen molar-refractivity contribution in [2.24, 2.45) is 0 Å². The normalized spacial score (nSPS) is 13.0. The molecule has 1 N–H and O–H groups in total. The summed E-state index contributed by atoms with van der Waals surface area (Å²) in [4.78, 5) is 12.5. The van der Waals surface area contributed by atoms with Crippen LogP contribution < -0.4 is 0 Å². The fourth-order valence-corrected chi connectivity index (χ4v) is 4.62. The number of aryl methyl sites for hydroxylation is 1. The van der Waals surface area contributed by atoms with E-state index in [0.29, 0.717) is 10.6 Å². The van der Waals surface area contributed by atoms with E-state index in [1.54, 1.807) is 0 Å². The summed E-state index contributed by atoms with van der Waals surface area (Å²) in [5.74, 6) is 5.74. The third-order valence-electron chi connectivity index (χ3n) is 6.21. The molecular formula is C33H31ClO3. The van der Waals surface area contributed by atoms with E-state index in [2.05, 4.69) is 30.9 Å². The molecule has 0 aliphatic carbocycles. The molecule has 0 saturated heterocycles. The van der Waals surface area contributed by atoms with Crippen LogP contribution in [0.1, 0.15) is 62.0 Å². The number of hydrogen-bond donors (Lipinski definition) is 1. The number of halogens is 1. The molecule has 4 aromatic carbocycles. The smallest absolute Gasteiger partial charge is 0.337 e. The maximum Gasteiger partial charge on any atom is 0.337 e. The Morgan fingerprint density at radius 3 is 2.27 bits per heavy atom. The molecule has 37 heavy (non-hydrogen) atoms. The molecule has 0 fully saturated rings. The molecule has 3 nitrogen and oxygen atoms in total. The van der Waals surface area contributed by atoms with Crippen LogP contribution in [0.5, 0.6) is 0 Å². The zero-order chi connectivity index (χ0) is 26.7. The van der Waals surface area contributed by atoms with E-state index in [1.165, 1.54) is 5.56 Å². The highest BCUT2D eigenvalue weighted by Gasteiger charge is 2.31. The van der Waals surface area contributed by atoms with Crippen LogP contribution in [0.4, 0.5) is 0 Å². The number of benzene rings is 4. The second kappa shape index (κ2) is 10.8. The Morgan fingerprint density at radius 1 is 0.973 bits per heavy atom. The van der Waals surface area contributed by atoms with Crippen molar-refractivity contribution in [1.29, 1.82) is 0 Å². The monoisotopic (exact) mass is 510 g/mol. The van der Waals surface area contributed by atoms with Crippen molar-refractivity contribution >= 4 is 28.3 Å². The van der Waals surface area contributed by atoms with Crippen molar-refractivity contribution < 1.29 is 14.6 Å². The first-order valence-electron chi connectivity index (χ1n) is 12.3. The number of aliphatic carboxylic acids is 1. The molecule has 4 aromatic rings. The molecule has 2 unspecified atom stereocenters. The van der Waals surface area contributed by atoms with Crippen LogP contribution in [-0.4, -0.2) is 16.7 Å². The molecule has 0 saturated carbocycles. The molecule has 0 amide bonds. The third kappa shape index (κ3) is 6.23. The number of hydrogen-bond acceptors (Lipinski definition) is 2. The van der Waals surface area contributed by atoms with E-state index in [-0.39, 0.29) is 5.92 Å². The Labute approximate surface area is 224 Å². The predicted octanol–water partition coefficient (Wildman–Crippen LogP) is 8.56. The highest BCUT2D eigenvalue weighted by Crippen LogP contribution is 2.41. The summed E-state index contributed by atoms with van der Waals surface area (Å²) in [5, 5.41) is 12.8. The molecule has 2 atom stereocenters. The molecular weight excluding hydrogens is 480 g/mol. The van der Waals surface area contributed by atoms with Gasteiger partial charge in [-0.1, -0.05) is 78.0 Å². The number of fused-ring (bicyclic) bond motifs is 1. The number of carboxylic acids is 1. The first-order valence-corrected chi connectivity index (χ1v) is 12.7. The van der Waals surface area contributed by atoms with E-state index in [0.717, 1.165) is 33.0 Å². The van der Waals surface area contributed by atoms with Crippen LogP contribution in [0.2, 0.25) is 5.02 Å². The second-order valence-corrected chi connectivity index (χ2v) is 10.7. The van der Waals surface area contributed by atoms with E-state index in [1.807, 2.05) is 94.4 Å². The van der Waals surface area contributed by atoms with Crippen molar-refractivity contribution in [2.75, 3.05) is 0 Å². The highest BCUT2D eigenvalue weighted by molar-refractivity contribution is 6.30. The van der Waals surface area contributed by atoms with Crippen molar-refractivity contribution in [1.82, 2.24) is 0 Å². The Kier molecular flexibility index (Phi) is 7.73. The van der Waals surface area contributed by atoms with Crippen LogP contribution in [0.15, 0.2) is 78.9 Å². The number of carbonyl (C=O) groups is 1. The lowest BCUT2D eigenvalue weighted by Gasteiger charge is -2.28. The van der Waals surface area contributed by atoms with E-state index >= 15 is 0 Å². The fourth-order valence-electron chi connectivity index (χ4n) is 4.50.